The van der Waals surface area contributed by atoms with Gasteiger partial charge in [-0.1, -0.05) is 12.1 Å². The molecule has 2 N–H and O–H groups in total. The Morgan fingerprint density at radius 2 is 1.86 bits per heavy atom. The molecule has 14 heavy (non-hydrogen) atoms. The van der Waals surface area contributed by atoms with E-state index in [-0.39, 0.29) is 5.75 Å². The number of hydrogen-bond donors (Lipinski definition) is 1. The number of nitrogens with two attached hydrogens (primary N) is 1. The SMILES string of the molecule is N#CC(N)c1ccc(OC(F)F)cc1. The fourth-order valence-corrected chi connectivity index (χ4v) is 0.931. The normalized spacial score (nSPS) is 12.2. The minimum Gasteiger partial charge on any atom is -0.435 e. The maximum atomic E-state index is 11.7. The molecule has 0 aliphatic heterocycles. The number of nitriles is 1. The number of halogens is 2. The average molecular weight is 198 g/mol. The zero-order valence-electron chi connectivity index (χ0n) is 7.15. The largest absolute Gasteiger partial charge is 0.435 e. The van der Waals surface area contributed by atoms with Gasteiger partial charge in [0, 0.05) is 0 Å². The van der Waals surface area contributed by atoms with Crippen molar-refractivity contribution in [3.8, 4) is 11.8 Å². The molecule has 0 amide bonds. The molecule has 1 rings (SSSR count). The van der Waals surface area contributed by atoms with Crippen LogP contribution in [0, 0.1) is 11.3 Å². The third-order valence-corrected chi connectivity index (χ3v) is 1.60. The van der Waals surface area contributed by atoms with Gasteiger partial charge in [0.05, 0.1) is 6.07 Å². The molecule has 0 aliphatic carbocycles. The zero-order chi connectivity index (χ0) is 10.6. The van der Waals surface area contributed by atoms with E-state index in [2.05, 4.69) is 4.74 Å². The van der Waals surface area contributed by atoms with E-state index in [0.717, 1.165) is 0 Å². The minimum atomic E-state index is -2.84. The van der Waals surface area contributed by atoms with Crippen molar-refractivity contribution in [2.75, 3.05) is 0 Å². The van der Waals surface area contributed by atoms with E-state index in [9.17, 15) is 8.78 Å². The first-order valence-electron chi connectivity index (χ1n) is 3.83. The number of nitrogens with zero attached hydrogens (tertiary/aromatic N) is 1. The van der Waals surface area contributed by atoms with Gasteiger partial charge < -0.3 is 10.5 Å². The molecule has 1 atom stereocenters. The lowest BCUT2D eigenvalue weighted by atomic mass is 10.1. The van der Waals surface area contributed by atoms with Crippen molar-refractivity contribution in [1.29, 1.82) is 5.26 Å². The monoisotopic (exact) mass is 198 g/mol. The molecule has 0 aliphatic rings. The Bertz CT molecular complexity index is 332. The topological polar surface area (TPSA) is 59.0 Å². The highest BCUT2D eigenvalue weighted by Crippen LogP contribution is 2.17. The molecule has 0 heterocycles. The van der Waals surface area contributed by atoms with Gasteiger partial charge in [0.1, 0.15) is 11.8 Å². The van der Waals surface area contributed by atoms with Crippen LogP contribution < -0.4 is 10.5 Å². The Morgan fingerprint density at radius 3 is 2.29 bits per heavy atom. The van der Waals surface area contributed by atoms with E-state index in [1.54, 1.807) is 0 Å². The lowest BCUT2D eigenvalue weighted by Crippen LogP contribution is -2.07. The number of rotatable bonds is 3. The number of alkyl halides is 2. The van der Waals surface area contributed by atoms with Crippen LogP contribution >= 0.6 is 0 Å². The smallest absolute Gasteiger partial charge is 0.387 e. The summed E-state index contributed by atoms with van der Waals surface area (Å²) in [5.41, 5.74) is 5.96. The Balaban J connectivity index is 2.74. The highest BCUT2D eigenvalue weighted by Gasteiger charge is 2.06. The van der Waals surface area contributed by atoms with Gasteiger partial charge in [0.25, 0.3) is 0 Å². The van der Waals surface area contributed by atoms with Crippen LogP contribution in [0.4, 0.5) is 8.78 Å². The zero-order valence-corrected chi connectivity index (χ0v) is 7.15. The standard InChI is InChI=1S/C9H8F2N2O/c10-9(11)14-7-3-1-6(2-4-7)8(13)5-12/h1-4,8-9H,13H2. The quantitative estimate of drug-likeness (QED) is 0.805. The van der Waals surface area contributed by atoms with Crippen LogP contribution in [-0.4, -0.2) is 6.61 Å². The molecule has 74 valence electrons. The predicted molar refractivity (Wildman–Crippen MR) is 45.6 cm³/mol. The van der Waals surface area contributed by atoms with Crippen LogP contribution in [0.15, 0.2) is 24.3 Å². The molecule has 3 nitrogen and oxygen atoms in total. The second-order valence-electron chi connectivity index (χ2n) is 2.55. The highest BCUT2D eigenvalue weighted by molar-refractivity contribution is 5.31. The molecule has 1 aromatic carbocycles. The number of benzene rings is 1. The fourth-order valence-electron chi connectivity index (χ4n) is 0.931. The predicted octanol–water partition coefficient (Wildman–Crippen LogP) is 1.81. The first-order valence-corrected chi connectivity index (χ1v) is 3.83. The Labute approximate surface area is 79.7 Å². The van der Waals surface area contributed by atoms with Crippen LogP contribution in [0.25, 0.3) is 0 Å². The lowest BCUT2D eigenvalue weighted by molar-refractivity contribution is -0.0498. The molecular formula is C9H8F2N2O. The van der Waals surface area contributed by atoms with Crippen molar-refractivity contribution in [3.63, 3.8) is 0 Å². The van der Waals surface area contributed by atoms with E-state index >= 15 is 0 Å². The minimum absolute atomic E-state index is 0.0499. The second kappa shape index (κ2) is 4.53. The van der Waals surface area contributed by atoms with E-state index < -0.39 is 12.7 Å². The lowest BCUT2D eigenvalue weighted by Gasteiger charge is -2.06. The highest BCUT2D eigenvalue weighted by atomic mass is 19.3. The van der Waals surface area contributed by atoms with Crippen LogP contribution in [0.3, 0.4) is 0 Å². The van der Waals surface area contributed by atoms with Crippen LogP contribution in [0.2, 0.25) is 0 Å². The van der Waals surface area contributed by atoms with Crippen molar-refractivity contribution < 1.29 is 13.5 Å². The summed E-state index contributed by atoms with van der Waals surface area (Å²) in [5.74, 6) is 0.0499. The van der Waals surface area contributed by atoms with Crippen molar-refractivity contribution in [1.82, 2.24) is 0 Å². The van der Waals surface area contributed by atoms with Gasteiger partial charge in [-0.3, -0.25) is 0 Å². The summed E-state index contributed by atoms with van der Waals surface area (Å²) < 4.78 is 27.6. The fraction of sp³-hybridized carbons (Fsp3) is 0.222. The summed E-state index contributed by atoms with van der Waals surface area (Å²) in [6.07, 6.45) is 0. The van der Waals surface area contributed by atoms with Gasteiger partial charge in [-0.05, 0) is 17.7 Å². The summed E-state index contributed by atoms with van der Waals surface area (Å²) in [4.78, 5) is 0. The van der Waals surface area contributed by atoms with Crippen LogP contribution in [-0.2, 0) is 0 Å². The van der Waals surface area contributed by atoms with Crippen molar-refractivity contribution in [3.05, 3.63) is 29.8 Å². The van der Waals surface area contributed by atoms with Gasteiger partial charge in [0.15, 0.2) is 0 Å². The Morgan fingerprint density at radius 1 is 1.29 bits per heavy atom. The van der Waals surface area contributed by atoms with E-state index in [0.29, 0.717) is 5.56 Å². The maximum absolute atomic E-state index is 11.7. The summed E-state index contributed by atoms with van der Waals surface area (Å²) in [6, 6.07) is 6.74. The van der Waals surface area contributed by atoms with Crippen molar-refractivity contribution >= 4 is 0 Å². The summed E-state index contributed by atoms with van der Waals surface area (Å²) in [6.45, 7) is -2.84. The average Bonchev–Trinajstić information content (AvgIpc) is 2.17. The van der Waals surface area contributed by atoms with Gasteiger partial charge in [-0.2, -0.15) is 14.0 Å². The molecule has 0 fully saturated rings. The first kappa shape index (κ1) is 10.4. The molecule has 0 saturated carbocycles. The molecule has 0 radical (unpaired) electrons. The van der Waals surface area contributed by atoms with Gasteiger partial charge >= 0.3 is 6.61 Å². The Hall–Kier alpha value is -1.67. The summed E-state index contributed by atoms with van der Waals surface area (Å²) in [7, 11) is 0. The molecule has 1 aromatic rings. The van der Waals surface area contributed by atoms with Gasteiger partial charge in [0.2, 0.25) is 0 Å². The van der Waals surface area contributed by atoms with E-state index in [1.165, 1.54) is 24.3 Å². The van der Waals surface area contributed by atoms with Crippen LogP contribution in [0.1, 0.15) is 11.6 Å². The molecule has 0 aromatic heterocycles. The Kier molecular flexibility index (Phi) is 3.37. The van der Waals surface area contributed by atoms with Crippen molar-refractivity contribution in [2.24, 2.45) is 5.73 Å². The van der Waals surface area contributed by atoms with Gasteiger partial charge in [-0.25, -0.2) is 0 Å². The molecule has 0 saturated heterocycles. The van der Waals surface area contributed by atoms with Crippen molar-refractivity contribution in [2.45, 2.75) is 12.7 Å². The summed E-state index contributed by atoms with van der Waals surface area (Å²) in [5, 5.41) is 8.48. The molecule has 0 bridgehead atoms. The second-order valence-corrected chi connectivity index (χ2v) is 2.55. The molecule has 1 unspecified atom stereocenters. The summed E-state index contributed by atoms with van der Waals surface area (Å²) >= 11 is 0. The van der Waals surface area contributed by atoms with E-state index in [1.807, 2.05) is 6.07 Å². The molecule has 5 heteroatoms. The van der Waals surface area contributed by atoms with Gasteiger partial charge in [-0.15, -0.1) is 0 Å². The van der Waals surface area contributed by atoms with Crippen LogP contribution in [0.5, 0.6) is 5.75 Å². The number of ether oxygens (including phenoxy) is 1. The van der Waals surface area contributed by atoms with E-state index in [4.69, 9.17) is 11.0 Å². The maximum Gasteiger partial charge on any atom is 0.387 e. The third kappa shape index (κ3) is 2.68. The molecular weight excluding hydrogens is 190 g/mol. The first-order chi connectivity index (χ1) is 6.63. The molecule has 0 spiro atoms. The third-order valence-electron chi connectivity index (χ3n) is 1.60. The number of hydrogen-bond acceptors (Lipinski definition) is 3.